The van der Waals surface area contributed by atoms with Gasteiger partial charge in [-0.2, -0.15) is 9.78 Å². The molecule has 0 amide bonds. The first-order chi connectivity index (χ1) is 19.7. The molecule has 0 saturated carbocycles. The maximum absolute atomic E-state index is 12.9. The third kappa shape index (κ3) is 7.88. The van der Waals surface area contributed by atoms with Crippen molar-refractivity contribution in [3.8, 4) is 23.1 Å². The molecular weight excluding hydrogens is 537 g/mol. The van der Waals surface area contributed by atoms with Gasteiger partial charge >= 0.3 is 5.69 Å². The lowest BCUT2D eigenvalue weighted by atomic mass is 9.90. The molecule has 4 aromatic rings. The van der Waals surface area contributed by atoms with Crippen molar-refractivity contribution >= 4 is 11.8 Å². The van der Waals surface area contributed by atoms with E-state index in [-0.39, 0.29) is 18.3 Å². The van der Waals surface area contributed by atoms with Gasteiger partial charge in [-0.1, -0.05) is 24.3 Å². The number of nitrogens with two attached hydrogens (primary N) is 1. The fourth-order valence-corrected chi connectivity index (χ4v) is 3.89. The Hall–Kier alpha value is -5.27. The number of hydrogen-bond donors (Lipinski definition) is 4. The number of methoxy groups -OCH3 is 2. The Morgan fingerprint density at radius 2 is 1.85 bits per heavy atom. The van der Waals surface area contributed by atoms with E-state index in [1.54, 1.807) is 36.4 Å². The number of aromatic nitrogens is 5. The van der Waals surface area contributed by atoms with Crippen LogP contribution in [0.4, 0.5) is 4.39 Å². The average molecular weight is 568 g/mol. The first-order valence-corrected chi connectivity index (χ1v) is 12.2. The maximum Gasteiger partial charge on any atom is 0.349 e. The van der Waals surface area contributed by atoms with Gasteiger partial charge in [0.2, 0.25) is 5.75 Å². The Labute approximate surface area is 234 Å². The van der Waals surface area contributed by atoms with Gasteiger partial charge in [0.15, 0.2) is 17.3 Å². The van der Waals surface area contributed by atoms with E-state index in [0.29, 0.717) is 40.6 Å². The summed E-state index contributed by atoms with van der Waals surface area (Å²) in [4.78, 5) is 24.6. The molecule has 0 aliphatic carbocycles. The smallest absolute Gasteiger partial charge is 0.349 e. The number of carboxylic acids is 1. The predicted molar refractivity (Wildman–Crippen MR) is 147 cm³/mol. The van der Waals surface area contributed by atoms with Crippen LogP contribution in [0.5, 0.6) is 17.2 Å². The van der Waals surface area contributed by atoms with Crippen LogP contribution in [0.1, 0.15) is 35.4 Å². The number of nitrogens with zero attached hydrogens (tertiary/aromatic N) is 4. The van der Waals surface area contributed by atoms with Crippen LogP contribution in [0.15, 0.2) is 59.5 Å². The van der Waals surface area contributed by atoms with Crippen LogP contribution in [0.3, 0.4) is 0 Å². The largest absolute Gasteiger partial charge is 0.493 e. The first-order valence-electron chi connectivity index (χ1n) is 12.2. The lowest BCUT2D eigenvalue weighted by Crippen LogP contribution is -2.17. The van der Waals surface area contributed by atoms with Crippen molar-refractivity contribution < 1.29 is 28.5 Å². The molecule has 2 aromatic carbocycles. The number of aliphatic carboxylic acids is 1. The van der Waals surface area contributed by atoms with Crippen molar-refractivity contribution in [3.63, 3.8) is 0 Å². The van der Waals surface area contributed by atoms with Gasteiger partial charge in [0, 0.05) is 24.6 Å². The zero-order chi connectivity index (χ0) is 29.9. The molecule has 41 heavy (non-hydrogen) atoms. The third-order valence-corrected chi connectivity index (χ3v) is 5.65. The Balaban J connectivity index is 0.00000108. The van der Waals surface area contributed by atoms with E-state index in [1.165, 1.54) is 20.4 Å². The van der Waals surface area contributed by atoms with Gasteiger partial charge in [-0.25, -0.2) is 9.18 Å². The number of amidine groups is 1. The number of carboxylic acid groups (broad SMARTS) is 1. The summed E-state index contributed by atoms with van der Waals surface area (Å²) in [6, 6.07) is 13.9. The van der Waals surface area contributed by atoms with E-state index in [9.17, 15) is 9.18 Å². The molecule has 216 valence electrons. The van der Waals surface area contributed by atoms with Crippen molar-refractivity contribution in [2.45, 2.75) is 19.3 Å². The minimum Gasteiger partial charge on any atom is -0.493 e. The molecule has 2 aromatic heterocycles. The van der Waals surface area contributed by atoms with Gasteiger partial charge < -0.3 is 25.1 Å². The summed E-state index contributed by atoms with van der Waals surface area (Å²) < 4.78 is 30.6. The number of rotatable bonds is 11. The molecular formula is C27H30FN7O6. The molecule has 0 aliphatic rings. The van der Waals surface area contributed by atoms with Crippen LogP contribution in [0.2, 0.25) is 0 Å². The first kappa shape index (κ1) is 30.3. The lowest BCUT2D eigenvalue weighted by molar-refractivity contribution is -0.134. The summed E-state index contributed by atoms with van der Waals surface area (Å²) in [5.41, 5.74) is 7.28. The van der Waals surface area contributed by atoms with Crippen LogP contribution in [-0.4, -0.2) is 69.4 Å². The second kappa shape index (κ2) is 14.2. The van der Waals surface area contributed by atoms with E-state index in [2.05, 4.69) is 20.3 Å². The van der Waals surface area contributed by atoms with Crippen LogP contribution in [-0.2, 0) is 11.2 Å². The highest BCUT2D eigenvalue weighted by Crippen LogP contribution is 2.41. The lowest BCUT2D eigenvalue weighted by Gasteiger charge is -2.20. The molecule has 4 rings (SSSR count). The fourth-order valence-electron chi connectivity index (χ4n) is 3.89. The van der Waals surface area contributed by atoms with Crippen molar-refractivity contribution in [2.75, 3.05) is 27.5 Å². The standard InChI is InChI=1S/C25H26FN7O4.C2H4O2/c1-35-19-13-17(14-20(22(19)36-2)37-11-9-26)18(12-15-5-7-16(8-6-15)23(27)28)24-30-25(34)33(32-24)21-4-3-10-29-31-21;1-2(3)4/h3-8,10,13-14,18H,9,11-12H2,1-2H3,(H3,27,28)(H,30,32,34);1H3,(H,3,4). The summed E-state index contributed by atoms with van der Waals surface area (Å²) in [5.74, 6) is 0.256. The monoisotopic (exact) mass is 567 g/mol. The Bertz CT molecular complexity index is 1520. The summed E-state index contributed by atoms with van der Waals surface area (Å²) in [6.45, 7) is 0.232. The summed E-state index contributed by atoms with van der Waals surface area (Å²) in [6.07, 6.45) is 1.90. The highest BCUT2D eigenvalue weighted by Gasteiger charge is 2.25. The van der Waals surface area contributed by atoms with Crippen molar-refractivity contribution in [1.29, 1.82) is 5.41 Å². The predicted octanol–water partition coefficient (Wildman–Crippen LogP) is 2.47. The number of H-pyrrole nitrogens is 1. The van der Waals surface area contributed by atoms with Crippen LogP contribution < -0.4 is 25.6 Å². The third-order valence-electron chi connectivity index (χ3n) is 5.65. The zero-order valence-corrected chi connectivity index (χ0v) is 22.6. The number of alkyl halides is 1. The summed E-state index contributed by atoms with van der Waals surface area (Å²) in [7, 11) is 2.95. The minimum absolute atomic E-state index is 0.0373. The molecule has 14 heteroatoms. The number of ether oxygens (including phenoxy) is 3. The molecule has 5 N–H and O–H groups in total. The molecule has 0 spiro atoms. The number of hydrogen-bond acceptors (Lipinski definition) is 9. The number of carbonyl (C=O) groups is 1. The van der Waals surface area contributed by atoms with Gasteiger partial charge in [0.05, 0.1) is 14.2 Å². The number of nitrogen functional groups attached to an aromatic ring is 1. The normalized spacial score (nSPS) is 11.1. The molecule has 0 aliphatic heterocycles. The fraction of sp³-hybridized carbons (Fsp3) is 0.259. The van der Waals surface area contributed by atoms with E-state index in [1.807, 2.05) is 12.1 Å². The van der Waals surface area contributed by atoms with Crippen LogP contribution in [0, 0.1) is 5.41 Å². The minimum atomic E-state index is -0.833. The number of aromatic amines is 1. The van der Waals surface area contributed by atoms with Crippen molar-refractivity contribution in [2.24, 2.45) is 5.73 Å². The van der Waals surface area contributed by atoms with Gasteiger partial charge in [0.25, 0.3) is 5.97 Å². The Morgan fingerprint density at radius 3 is 2.41 bits per heavy atom. The second-order valence-corrected chi connectivity index (χ2v) is 8.49. The molecule has 13 nitrogen and oxygen atoms in total. The SMILES string of the molecule is CC(=O)O.COc1cc(C(Cc2ccc(C(=N)N)cc2)c2nn(-c3cccnn3)c(=O)[nH]2)cc(OCCF)c1OC. The molecule has 0 fully saturated rings. The summed E-state index contributed by atoms with van der Waals surface area (Å²) >= 11 is 0. The van der Waals surface area contributed by atoms with Crippen LogP contribution >= 0.6 is 0 Å². The van der Waals surface area contributed by atoms with Crippen molar-refractivity contribution in [1.82, 2.24) is 25.0 Å². The van der Waals surface area contributed by atoms with Gasteiger partial charge in [-0.05, 0) is 41.8 Å². The molecule has 1 atom stereocenters. The molecule has 1 unspecified atom stereocenters. The second-order valence-electron chi connectivity index (χ2n) is 8.49. The number of nitrogens with one attached hydrogen (secondary N) is 2. The van der Waals surface area contributed by atoms with Gasteiger partial charge in [0.1, 0.15) is 24.9 Å². The van der Waals surface area contributed by atoms with E-state index >= 15 is 0 Å². The molecule has 0 bridgehead atoms. The van der Waals surface area contributed by atoms with E-state index in [4.69, 9.17) is 35.3 Å². The van der Waals surface area contributed by atoms with Gasteiger partial charge in [-0.3, -0.25) is 15.2 Å². The van der Waals surface area contributed by atoms with Crippen LogP contribution in [0.25, 0.3) is 5.82 Å². The summed E-state index contributed by atoms with van der Waals surface area (Å²) in [5, 5.41) is 27.3. The quantitative estimate of drug-likeness (QED) is 0.155. The molecule has 2 heterocycles. The number of benzene rings is 2. The Kier molecular flexibility index (Phi) is 10.5. The Morgan fingerprint density at radius 1 is 1.17 bits per heavy atom. The topological polar surface area (TPSA) is 191 Å². The molecule has 0 radical (unpaired) electrons. The van der Waals surface area contributed by atoms with E-state index in [0.717, 1.165) is 17.2 Å². The number of halogens is 1. The zero-order valence-electron chi connectivity index (χ0n) is 22.6. The van der Waals surface area contributed by atoms with Crippen molar-refractivity contribution in [3.05, 3.63) is 87.7 Å². The van der Waals surface area contributed by atoms with Gasteiger partial charge in [-0.15, -0.1) is 10.2 Å². The maximum atomic E-state index is 12.9. The highest BCUT2D eigenvalue weighted by atomic mass is 19.1. The highest BCUT2D eigenvalue weighted by molar-refractivity contribution is 5.94. The average Bonchev–Trinajstić information content (AvgIpc) is 3.35. The molecule has 0 saturated heterocycles. The van der Waals surface area contributed by atoms with E-state index < -0.39 is 24.3 Å².